The smallest absolute Gasteiger partial charge is 0.195 e. The van der Waals surface area contributed by atoms with Crippen molar-refractivity contribution in [3.8, 4) is 33.8 Å². The van der Waals surface area contributed by atoms with E-state index in [9.17, 15) is 4.79 Å². The molecule has 4 aromatic heterocycles. The minimum absolute atomic E-state index is 0. The summed E-state index contributed by atoms with van der Waals surface area (Å²) in [5.74, 6) is 0.0868. The van der Waals surface area contributed by atoms with E-state index >= 15 is 0 Å². The second-order valence-electron chi connectivity index (χ2n) is 15.9. The van der Waals surface area contributed by atoms with Crippen LogP contribution in [0.15, 0.2) is 183 Å². The number of aromatic nitrogens is 4. The van der Waals surface area contributed by atoms with E-state index in [1.807, 2.05) is 67.1 Å². The molecule has 0 unspecified atom stereocenters. The highest BCUT2D eigenvalue weighted by Gasteiger charge is 2.35. The Morgan fingerprint density at radius 1 is 0.492 bits per heavy atom. The van der Waals surface area contributed by atoms with Crippen molar-refractivity contribution in [1.29, 1.82) is 11.1 Å². The van der Waals surface area contributed by atoms with Gasteiger partial charge in [-0.1, -0.05) is 149 Å². The molecule has 328 valence electrons. The van der Waals surface area contributed by atoms with E-state index < -0.39 is 0 Å². The third-order valence-electron chi connectivity index (χ3n) is 11.7. The fourth-order valence-electron chi connectivity index (χ4n) is 8.60. The molecule has 1 aliphatic heterocycles. The van der Waals surface area contributed by atoms with E-state index in [4.69, 9.17) is 15.8 Å². The van der Waals surface area contributed by atoms with Crippen molar-refractivity contribution in [1.82, 2.24) is 19.9 Å². The molecule has 9 heteroatoms. The standard InChI is InChI=1S/C14H13N.C13H9N.C12H7NO.C12H9N.C4H8O.CH4.H2N2.H2O.H2/c1-14(2)11-7-4-3-6-10(11)13-12(14)8-5-9-15-13;1-2-6-12-10(4-1)7-8-11-5-3-9-14-13(11)12;14-12-9-5-2-1-4-8(9)11-10(12)6-3-7-13-11;1-2-6-11-9(4-1)8-10-5-3-7-13-12(10)11;1-2-4-5-3-1;;1-2;;/h3-9H,1-2H3;1-9H;1-7H;1-7H,8H2;1-4H2;1H4;1-2H;1H2;1H. The lowest BCUT2D eigenvalue weighted by Gasteiger charge is -2.20. The topological polar surface area (TPSA) is 157 Å². The molecule has 0 bridgehead atoms. The Labute approximate surface area is 382 Å². The minimum Gasteiger partial charge on any atom is -0.412 e. The van der Waals surface area contributed by atoms with E-state index in [-0.39, 0.29) is 25.5 Å². The van der Waals surface area contributed by atoms with Crippen molar-refractivity contribution in [3.63, 3.8) is 0 Å². The summed E-state index contributed by atoms with van der Waals surface area (Å²) in [4.78, 5) is 29.4. The summed E-state index contributed by atoms with van der Waals surface area (Å²) in [6.07, 6.45) is 10.9. The van der Waals surface area contributed by atoms with Crippen LogP contribution in [-0.2, 0) is 16.6 Å². The molecule has 1 fully saturated rings. The highest BCUT2D eigenvalue weighted by Crippen LogP contribution is 2.47. The first kappa shape index (κ1) is 46.9. The van der Waals surface area contributed by atoms with E-state index in [2.05, 4.69) is 137 Å². The van der Waals surface area contributed by atoms with E-state index in [0.29, 0.717) is 5.56 Å². The summed E-state index contributed by atoms with van der Waals surface area (Å²) < 4.78 is 4.94. The van der Waals surface area contributed by atoms with Crippen LogP contribution < -0.4 is 0 Å². The summed E-state index contributed by atoms with van der Waals surface area (Å²) >= 11 is 0. The molecule has 0 atom stereocenters. The molecular formula is C56H56N6O3. The molecule has 4 N–H and O–H groups in total. The van der Waals surface area contributed by atoms with E-state index in [1.54, 1.807) is 12.3 Å². The van der Waals surface area contributed by atoms with Gasteiger partial charge >= 0.3 is 0 Å². The van der Waals surface area contributed by atoms with Crippen LogP contribution >= 0.6 is 0 Å². The Morgan fingerprint density at radius 3 is 1.75 bits per heavy atom. The number of fused-ring (bicyclic) bond motifs is 12. The third-order valence-corrected chi connectivity index (χ3v) is 11.7. The zero-order valence-corrected chi connectivity index (χ0v) is 36.0. The molecule has 1 saturated heterocycles. The number of hydrogen-bond acceptors (Lipinski definition) is 8. The predicted molar refractivity (Wildman–Crippen MR) is 265 cm³/mol. The van der Waals surface area contributed by atoms with Crippen molar-refractivity contribution >= 4 is 27.5 Å². The maximum Gasteiger partial charge on any atom is 0.195 e. The molecule has 9 aromatic rings. The SMILES string of the molecule is C.C1CCOC1.CC1(C)c2ccccc2-c2ncccc21.N=N.O.O=C1c2ccccc2-c2ncccc21.[HH].c1ccc2c(c1)Cc1cccnc1-2.c1ccc2c(c1)ccc1cccnc12. The number of ether oxygens (including phenoxy) is 1. The summed E-state index contributed by atoms with van der Waals surface area (Å²) in [7, 11) is 0. The number of carbonyl (C=O) groups is 1. The molecule has 13 rings (SSSR count). The number of nitrogens with zero attached hydrogens (tertiary/aromatic N) is 4. The van der Waals surface area contributed by atoms with Gasteiger partial charge < -0.3 is 10.2 Å². The van der Waals surface area contributed by atoms with Crippen molar-refractivity contribution in [3.05, 3.63) is 216 Å². The number of nitrogens with one attached hydrogen (secondary N) is 2. The van der Waals surface area contributed by atoms with Crippen molar-refractivity contribution in [2.45, 2.75) is 46.0 Å². The number of carbonyl (C=O) groups excluding carboxylic acids is 1. The highest BCUT2D eigenvalue weighted by atomic mass is 16.5. The molecular weight excluding hydrogens is 805 g/mol. The lowest BCUT2D eigenvalue weighted by Crippen LogP contribution is -2.14. The van der Waals surface area contributed by atoms with Gasteiger partial charge in [0, 0.05) is 89.9 Å². The molecule has 3 aliphatic carbocycles. The van der Waals surface area contributed by atoms with Crippen molar-refractivity contribution in [2.24, 2.45) is 0 Å². The largest absolute Gasteiger partial charge is 0.412 e. The van der Waals surface area contributed by atoms with Crippen LogP contribution in [0.3, 0.4) is 0 Å². The summed E-state index contributed by atoms with van der Waals surface area (Å²) in [6, 6.07) is 53.3. The van der Waals surface area contributed by atoms with Gasteiger partial charge in [0.2, 0.25) is 0 Å². The second-order valence-corrected chi connectivity index (χ2v) is 15.9. The first-order valence-electron chi connectivity index (χ1n) is 21.2. The number of hydrogen-bond donors (Lipinski definition) is 2. The number of ketones is 1. The predicted octanol–water partition coefficient (Wildman–Crippen LogP) is 13.2. The van der Waals surface area contributed by atoms with Crippen LogP contribution in [-0.4, -0.2) is 44.4 Å². The molecule has 5 heterocycles. The number of pyridine rings is 4. The molecule has 0 radical (unpaired) electrons. The maximum absolute atomic E-state index is 11.8. The minimum atomic E-state index is 0. The zero-order valence-electron chi connectivity index (χ0n) is 36.0. The molecule has 0 amide bonds. The molecule has 0 spiro atoms. The van der Waals surface area contributed by atoms with Gasteiger partial charge in [-0.3, -0.25) is 24.7 Å². The number of rotatable bonds is 0. The first-order chi connectivity index (χ1) is 31.0. The summed E-state index contributed by atoms with van der Waals surface area (Å²) in [5.41, 5.74) is 24.8. The lowest BCUT2D eigenvalue weighted by atomic mass is 9.83. The van der Waals surface area contributed by atoms with Crippen LogP contribution in [0.25, 0.3) is 55.4 Å². The molecule has 0 saturated carbocycles. The quantitative estimate of drug-likeness (QED) is 0.114. The summed E-state index contributed by atoms with van der Waals surface area (Å²) in [5, 5.41) is 3.68. The van der Waals surface area contributed by atoms with Gasteiger partial charge in [0.25, 0.3) is 0 Å². The fourth-order valence-corrected chi connectivity index (χ4v) is 8.60. The Balaban J connectivity index is 0.000000155. The van der Waals surface area contributed by atoms with E-state index in [1.165, 1.54) is 62.4 Å². The van der Waals surface area contributed by atoms with Gasteiger partial charge in [0.15, 0.2) is 5.78 Å². The molecule has 4 aliphatic rings. The molecule has 9 nitrogen and oxygen atoms in total. The number of benzene rings is 5. The Bertz CT molecular complexity index is 2840. The maximum atomic E-state index is 11.8. The Kier molecular flexibility index (Phi) is 15.6. The van der Waals surface area contributed by atoms with Gasteiger partial charge in [-0.2, -0.15) is 0 Å². The van der Waals surface area contributed by atoms with Crippen LogP contribution in [0.4, 0.5) is 0 Å². The van der Waals surface area contributed by atoms with Gasteiger partial charge in [-0.25, -0.2) is 11.1 Å². The third kappa shape index (κ3) is 9.82. The zero-order chi connectivity index (χ0) is 43.6. The van der Waals surface area contributed by atoms with Crippen LogP contribution in [0, 0.1) is 11.1 Å². The van der Waals surface area contributed by atoms with Gasteiger partial charge in [0.1, 0.15) is 0 Å². The van der Waals surface area contributed by atoms with Gasteiger partial charge in [-0.05, 0) is 70.8 Å². The monoisotopic (exact) mass is 860 g/mol. The van der Waals surface area contributed by atoms with E-state index in [0.717, 1.165) is 53.4 Å². The van der Waals surface area contributed by atoms with Crippen LogP contribution in [0.5, 0.6) is 0 Å². The van der Waals surface area contributed by atoms with Crippen molar-refractivity contribution < 1.29 is 16.4 Å². The molecule has 65 heavy (non-hydrogen) atoms. The normalized spacial score (nSPS) is 13.0. The average Bonchev–Trinajstić information content (AvgIpc) is 4.17. The molecule has 5 aromatic carbocycles. The van der Waals surface area contributed by atoms with Crippen molar-refractivity contribution in [2.75, 3.05) is 13.2 Å². The van der Waals surface area contributed by atoms with Crippen LogP contribution in [0.1, 0.15) is 73.7 Å². The Hall–Kier alpha value is -7.59. The van der Waals surface area contributed by atoms with Gasteiger partial charge in [0.05, 0.1) is 22.6 Å². The highest BCUT2D eigenvalue weighted by molar-refractivity contribution is 6.20. The average molecular weight is 861 g/mol. The fraction of sp³-hybridized carbons (Fsp3) is 0.161. The Morgan fingerprint density at radius 2 is 1.00 bits per heavy atom. The summed E-state index contributed by atoms with van der Waals surface area (Å²) in [6.45, 7) is 6.53. The lowest BCUT2D eigenvalue weighted by molar-refractivity contribution is 0.104. The second kappa shape index (κ2) is 21.7. The van der Waals surface area contributed by atoms with Gasteiger partial charge in [-0.15, -0.1) is 0 Å². The van der Waals surface area contributed by atoms with Crippen LogP contribution in [0.2, 0.25) is 0 Å². The first-order valence-corrected chi connectivity index (χ1v) is 21.2.